The Morgan fingerprint density at radius 3 is 2.38 bits per heavy atom. The molecule has 92 valence electrons. The minimum absolute atomic E-state index is 0.219. The molecule has 0 aliphatic carbocycles. The highest BCUT2D eigenvalue weighted by Gasteiger charge is 2.34. The first-order valence-electron chi connectivity index (χ1n) is 5.93. The van der Waals surface area contributed by atoms with Gasteiger partial charge in [-0.3, -0.25) is 4.79 Å². The van der Waals surface area contributed by atoms with Gasteiger partial charge in [-0.25, -0.2) is 0 Å². The normalized spacial score (nSPS) is 12.9. The third-order valence-corrected chi connectivity index (χ3v) is 3.09. The van der Waals surface area contributed by atoms with Crippen molar-refractivity contribution in [3.8, 4) is 6.07 Å². The van der Waals surface area contributed by atoms with Crippen molar-refractivity contribution in [1.29, 1.82) is 5.26 Å². The number of carbonyl (C=O) groups is 1. The van der Waals surface area contributed by atoms with Gasteiger partial charge in [-0.1, -0.05) is 20.8 Å². The fraction of sp³-hybridized carbons (Fsp3) is 0.833. The summed E-state index contributed by atoms with van der Waals surface area (Å²) >= 11 is 0. The SMILES string of the molecule is CCC(O)CCNC(=O)C(C#N)(CC)CC. The molecule has 0 fully saturated rings. The number of rotatable bonds is 7. The summed E-state index contributed by atoms with van der Waals surface area (Å²) in [7, 11) is 0. The van der Waals surface area contributed by atoms with Crippen LogP contribution < -0.4 is 5.32 Å². The fourth-order valence-electron chi connectivity index (χ4n) is 1.51. The minimum atomic E-state index is -0.906. The van der Waals surface area contributed by atoms with Crippen LogP contribution in [0.2, 0.25) is 0 Å². The zero-order valence-electron chi connectivity index (χ0n) is 10.4. The number of nitriles is 1. The Morgan fingerprint density at radius 2 is 2.00 bits per heavy atom. The van der Waals surface area contributed by atoms with Gasteiger partial charge in [-0.05, 0) is 25.7 Å². The molecule has 0 aromatic carbocycles. The number of hydrogen-bond donors (Lipinski definition) is 2. The van der Waals surface area contributed by atoms with E-state index in [1.54, 1.807) is 0 Å². The second-order valence-corrected chi connectivity index (χ2v) is 4.01. The van der Waals surface area contributed by atoms with Crippen molar-refractivity contribution < 1.29 is 9.90 Å². The Bertz CT molecular complexity index is 254. The molecule has 16 heavy (non-hydrogen) atoms. The first kappa shape index (κ1) is 14.9. The van der Waals surface area contributed by atoms with E-state index < -0.39 is 5.41 Å². The highest BCUT2D eigenvalue weighted by Crippen LogP contribution is 2.25. The van der Waals surface area contributed by atoms with Crippen LogP contribution in [0.4, 0.5) is 0 Å². The van der Waals surface area contributed by atoms with Crippen molar-refractivity contribution in [3.05, 3.63) is 0 Å². The molecule has 0 rings (SSSR count). The van der Waals surface area contributed by atoms with Gasteiger partial charge >= 0.3 is 0 Å². The summed E-state index contributed by atoms with van der Waals surface area (Å²) in [5, 5.41) is 21.1. The maximum Gasteiger partial charge on any atom is 0.240 e. The van der Waals surface area contributed by atoms with Crippen molar-refractivity contribution in [1.82, 2.24) is 5.32 Å². The van der Waals surface area contributed by atoms with Crippen LogP contribution in [0.5, 0.6) is 0 Å². The molecule has 0 heterocycles. The van der Waals surface area contributed by atoms with Crippen molar-refractivity contribution in [3.63, 3.8) is 0 Å². The Balaban J connectivity index is 4.19. The van der Waals surface area contributed by atoms with Crippen LogP contribution in [-0.2, 0) is 4.79 Å². The van der Waals surface area contributed by atoms with Gasteiger partial charge in [0.15, 0.2) is 0 Å². The average molecular weight is 226 g/mol. The van der Waals surface area contributed by atoms with Gasteiger partial charge < -0.3 is 10.4 Å². The van der Waals surface area contributed by atoms with Gasteiger partial charge in [0.2, 0.25) is 5.91 Å². The molecule has 0 spiro atoms. The molecular weight excluding hydrogens is 204 g/mol. The predicted octanol–water partition coefficient (Wildman–Crippen LogP) is 1.59. The van der Waals surface area contributed by atoms with Gasteiger partial charge in [-0.15, -0.1) is 0 Å². The first-order valence-corrected chi connectivity index (χ1v) is 5.93. The summed E-state index contributed by atoms with van der Waals surface area (Å²) < 4.78 is 0. The molecule has 4 nitrogen and oxygen atoms in total. The maximum atomic E-state index is 11.8. The van der Waals surface area contributed by atoms with Crippen LogP contribution >= 0.6 is 0 Å². The third kappa shape index (κ3) is 3.82. The summed E-state index contributed by atoms with van der Waals surface area (Å²) in [6.07, 6.45) is 1.88. The maximum absolute atomic E-state index is 11.8. The molecule has 0 aliphatic rings. The van der Waals surface area contributed by atoms with E-state index in [1.165, 1.54) is 0 Å². The van der Waals surface area contributed by atoms with E-state index in [0.717, 1.165) is 0 Å². The molecule has 1 amide bonds. The lowest BCUT2D eigenvalue weighted by Crippen LogP contribution is -2.40. The van der Waals surface area contributed by atoms with E-state index in [4.69, 9.17) is 5.26 Å². The van der Waals surface area contributed by atoms with E-state index in [0.29, 0.717) is 32.2 Å². The van der Waals surface area contributed by atoms with E-state index in [9.17, 15) is 9.90 Å². The Morgan fingerprint density at radius 1 is 1.44 bits per heavy atom. The molecule has 0 aromatic heterocycles. The summed E-state index contributed by atoms with van der Waals surface area (Å²) in [5.74, 6) is -0.219. The van der Waals surface area contributed by atoms with E-state index in [-0.39, 0.29) is 12.0 Å². The summed E-state index contributed by atoms with van der Waals surface area (Å²) in [5.41, 5.74) is -0.906. The van der Waals surface area contributed by atoms with Crippen LogP contribution in [0.3, 0.4) is 0 Å². The van der Waals surface area contributed by atoms with Gasteiger partial charge in [0.25, 0.3) is 0 Å². The highest BCUT2D eigenvalue weighted by molar-refractivity contribution is 5.85. The second kappa shape index (κ2) is 7.24. The molecule has 0 aromatic rings. The van der Waals surface area contributed by atoms with Gasteiger partial charge in [0, 0.05) is 6.54 Å². The summed E-state index contributed by atoms with van der Waals surface area (Å²) in [4.78, 5) is 11.8. The number of carbonyl (C=O) groups excluding carboxylic acids is 1. The van der Waals surface area contributed by atoms with Crippen LogP contribution in [0.25, 0.3) is 0 Å². The molecule has 1 atom stereocenters. The summed E-state index contributed by atoms with van der Waals surface area (Å²) in [6, 6.07) is 2.09. The molecule has 0 radical (unpaired) electrons. The van der Waals surface area contributed by atoms with E-state index >= 15 is 0 Å². The van der Waals surface area contributed by atoms with Crippen LogP contribution in [0, 0.1) is 16.7 Å². The smallest absolute Gasteiger partial charge is 0.240 e. The number of hydrogen-bond acceptors (Lipinski definition) is 3. The van der Waals surface area contributed by atoms with Crippen LogP contribution in [-0.4, -0.2) is 23.7 Å². The topological polar surface area (TPSA) is 73.1 Å². The van der Waals surface area contributed by atoms with E-state index in [2.05, 4.69) is 11.4 Å². The van der Waals surface area contributed by atoms with Crippen molar-refractivity contribution in [2.45, 2.75) is 52.6 Å². The quantitative estimate of drug-likeness (QED) is 0.692. The number of nitrogens with one attached hydrogen (secondary N) is 1. The Hall–Kier alpha value is -1.08. The first-order chi connectivity index (χ1) is 7.56. The summed E-state index contributed by atoms with van der Waals surface area (Å²) in [6.45, 7) is 6.00. The molecule has 0 saturated carbocycles. The van der Waals surface area contributed by atoms with Crippen LogP contribution in [0.15, 0.2) is 0 Å². The average Bonchev–Trinajstić information content (AvgIpc) is 2.31. The minimum Gasteiger partial charge on any atom is -0.393 e. The van der Waals surface area contributed by atoms with Crippen molar-refractivity contribution in [2.24, 2.45) is 5.41 Å². The zero-order valence-corrected chi connectivity index (χ0v) is 10.4. The van der Waals surface area contributed by atoms with Gasteiger partial charge in [-0.2, -0.15) is 5.26 Å². The number of amides is 1. The number of aliphatic hydroxyl groups is 1. The highest BCUT2D eigenvalue weighted by atomic mass is 16.3. The molecule has 0 bridgehead atoms. The van der Waals surface area contributed by atoms with Crippen molar-refractivity contribution >= 4 is 5.91 Å². The molecule has 0 aliphatic heterocycles. The lowest BCUT2D eigenvalue weighted by Gasteiger charge is -2.22. The molecular formula is C12H22N2O2. The van der Waals surface area contributed by atoms with Crippen LogP contribution in [0.1, 0.15) is 46.5 Å². The van der Waals surface area contributed by atoms with Gasteiger partial charge in [0.05, 0.1) is 12.2 Å². The fourth-order valence-corrected chi connectivity index (χ4v) is 1.51. The number of nitrogens with zero attached hydrogens (tertiary/aromatic N) is 1. The van der Waals surface area contributed by atoms with E-state index in [1.807, 2.05) is 20.8 Å². The lowest BCUT2D eigenvalue weighted by atomic mass is 9.83. The third-order valence-electron chi connectivity index (χ3n) is 3.09. The zero-order chi connectivity index (χ0) is 12.6. The molecule has 0 saturated heterocycles. The molecule has 1 unspecified atom stereocenters. The number of aliphatic hydroxyl groups excluding tert-OH is 1. The van der Waals surface area contributed by atoms with Crippen molar-refractivity contribution in [2.75, 3.05) is 6.54 Å². The molecule has 4 heteroatoms. The Labute approximate surface area is 97.7 Å². The second-order valence-electron chi connectivity index (χ2n) is 4.01. The molecule has 2 N–H and O–H groups in total. The van der Waals surface area contributed by atoms with Gasteiger partial charge in [0.1, 0.15) is 5.41 Å². The predicted molar refractivity (Wildman–Crippen MR) is 62.6 cm³/mol. The monoisotopic (exact) mass is 226 g/mol. The largest absolute Gasteiger partial charge is 0.393 e. The standard InChI is InChI=1S/C12H22N2O2/c1-4-10(15)7-8-14-11(16)12(5-2,6-3)9-13/h10,15H,4-8H2,1-3H3,(H,14,16). The lowest BCUT2D eigenvalue weighted by molar-refractivity contribution is -0.128. The Kier molecular flexibility index (Phi) is 6.75.